The Morgan fingerprint density at radius 2 is 1.50 bits per heavy atom. The number of nitrogens with zero attached hydrogens (tertiary/aromatic N) is 2. The van der Waals surface area contributed by atoms with E-state index in [0.29, 0.717) is 19.4 Å². The normalized spacial score (nSPS) is 12.0. The van der Waals surface area contributed by atoms with E-state index in [2.05, 4.69) is 5.32 Å². The SMILES string of the molecule is CCCNC(=O)[C@H](CC)N(CCc1ccccc1)C(=O)CN(c1ccc(F)cc1)S(=O)(=O)c1ccccc1. The lowest BCUT2D eigenvalue weighted by Crippen LogP contribution is -2.53. The number of amides is 2. The summed E-state index contributed by atoms with van der Waals surface area (Å²) in [5.41, 5.74) is 1.14. The molecule has 0 bridgehead atoms. The third-order valence-electron chi connectivity index (χ3n) is 6.14. The van der Waals surface area contributed by atoms with E-state index in [1.807, 2.05) is 44.2 Å². The van der Waals surface area contributed by atoms with Gasteiger partial charge in [0.2, 0.25) is 11.8 Å². The van der Waals surface area contributed by atoms with Crippen LogP contribution in [0, 0.1) is 5.82 Å². The number of halogens is 1. The predicted octanol–water partition coefficient (Wildman–Crippen LogP) is 4.40. The van der Waals surface area contributed by atoms with E-state index >= 15 is 0 Å². The van der Waals surface area contributed by atoms with Crippen LogP contribution in [-0.4, -0.2) is 50.8 Å². The third-order valence-corrected chi connectivity index (χ3v) is 7.93. The van der Waals surface area contributed by atoms with Crippen molar-refractivity contribution in [1.82, 2.24) is 10.2 Å². The zero-order valence-electron chi connectivity index (χ0n) is 21.7. The fourth-order valence-corrected chi connectivity index (χ4v) is 5.55. The Kier molecular flexibility index (Phi) is 10.4. The van der Waals surface area contributed by atoms with Crippen LogP contribution in [0.15, 0.2) is 89.8 Å². The fraction of sp³-hybridized carbons (Fsp3) is 0.310. The summed E-state index contributed by atoms with van der Waals surface area (Å²) in [4.78, 5) is 28.3. The first-order valence-electron chi connectivity index (χ1n) is 12.7. The second kappa shape index (κ2) is 13.7. The lowest BCUT2D eigenvalue weighted by atomic mass is 10.1. The number of hydrogen-bond donors (Lipinski definition) is 1. The van der Waals surface area contributed by atoms with Gasteiger partial charge in [0, 0.05) is 13.1 Å². The summed E-state index contributed by atoms with van der Waals surface area (Å²) in [5.74, 6) is -1.33. The molecule has 0 saturated heterocycles. The molecule has 1 atom stereocenters. The number of rotatable bonds is 13. The average molecular weight is 540 g/mol. The van der Waals surface area contributed by atoms with Gasteiger partial charge in [-0.2, -0.15) is 0 Å². The number of carbonyl (C=O) groups is 2. The topological polar surface area (TPSA) is 86.8 Å². The summed E-state index contributed by atoms with van der Waals surface area (Å²) in [6.07, 6.45) is 1.60. The Balaban J connectivity index is 1.97. The van der Waals surface area contributed by atoms with Gasteiger partial charge in [0.1, 0.15) is 18.4 Å². The highest BCUT2D eigenvalue weighted by molar-refractivity contribution is 7.92. The molecule has 0 aliphatic heterocycles. The van der Waals surface area contributed by atoms with Crippen LogP contribution >= 0.6 is 0 Å². The molecule has 3 rings (SSSR count). The van der Waals surface area contributed by atoms with E-state index in [1.165, 1.54) is 29.2 Å². The van der Waals surface area contributed by atoms with Crippen molar-refractivity contribution >= 4 is 27.5 Å². The molecule has 0 saturated carbocycles. The molecule has 2 amide bonds. The first kappa shape index (κ1) is 28.8. The van der Waals surface area contributed by atoms with Gasteiger partial charge in [-0.05, 0) is 61.2 Å². The van der Waals surface area contributed by atoms with Crippen molar-refractivity contribution in [3.05, 3.63) is 96.3 Å². The van der Waals surface area contributed by atoms with Crippen molar-refractivity contribution in [2.24, 2.45) is 0 Å². The number of anilines is 1. The number of benzene rings is 3. The number of nitrogens with one attached hydrogen (secondary N) is 1. The van der Waals surface area contributed by atoms with E-state index in [0.717, 1.165) is 28.4 Å². The largest absolute Gasteiger partial charge is 0.354 e. The Bertz CT molecular complexity index is 1290. The fourth-order valence-electron chi connectivity index (χ4n) is 4.12. The van der Waals surface area contributed by atoms with Crippen molar-refractivity contribution in [2.75, 3.05) is 23.9 Å². The molecule has 3 aromatic rings. The summed E-state index contributed by atoms with van der Waals surface area (Å²) in [6.45, 7) is 3.91. The lowest BCUT2D eigenvalue weighted by molar-refractivity contribution is -0.139. The molecule has 1 N–H and O–H groups in total. The molecule has 0 radical (unpaired) electrons. The zero-order valence-corrected chi connectivity index (χ0v) is 22.5. The van der Waals surface area contributed by atoms with Gasteiger partial charge >= 0.3 is 0 Å². The monoisotopic (exact) mass is 539 g/mol. The molecular weight excluding hydrogens is 505 g/mol. The van der Waals surface area contributed by atoms with Gasteiger partial charge in [-0.15, -0.1) is 0 Å². The van der Waals surface area contributed by atoms with Crippen LogP contribution in [-0.2, 0) is 26.0 Å². The Labute approximate surface area is 224 Å². The van der Waals surface area contributed by atoms with Crippen LogP contribution in [0.4, 0.5) is 10.1 Å². The minimum absolute atomic E-state index is 0.000640. The van der Waals surface area contributed by atoms with E-state index < -0.39 is 34.3 Å². The predicted molar refractivity (Wildman–Crippen MR) is 147 cm³/mol. The van der Waals surface area contributed by atoms with Gasteiger partial charge in [0.15, 0.2) is 0 Å². The Hall–Kier alpha value is -3.72. The molecule has 0 aliphatic carbocycles. The maximum atomic E-state index is 13.8. The van der Waals surface area contributed by atoms with Crippen molar-refractivity contribution < 1.29 is 22.4 Å². The Morgan fingerprint density at radius 3 is 2.08 bits per heavy atom. The summed E-state index contributed by atoms with van der Waals surface area (Å²) in [7, 11) is -4.17. The molecule has 9 heteroatoms. The summed E-state index contributed by atoms with van der Waals surface area (Å²) in [6, 6.07) is 21.5. The number of hydrogen-bond acceptors (Lipinski definition) is 4. The van der Waals surface area contributed by atoms with Crippen LogP contribution in [0.25, 0.3) is 0 Å². The van der Waals surface area contributed by atoms with Gasteiger partial charge in [-0.25, -0.2) is 12.8 Å². The summed E-state index contributed by atoms with van der Waals surface area (Å²) >= 11 is 0. The average Bonchev–Trinajstić information content (AvgIpc) is 2.94. The zero-order chi connectivity index (χ0) is 27.5. The minimum atomic E-state index is -4.17. The van der Waals surface area contributed by atoms with Crippen molar-refractivity contribution in [1.29, 1.82) is 0 Å². The van der Waals surface area contributed by atoms with Crippen molar-refractivity contribution in [2.45, 2.75) is 44.0 Å². The molecular formula is C29H34FN3O4S. The highest BCUT2D eigenvalue weighted by atomic mass is 32.2. The molecule has 0 spiro atoms. The number of sulfonamides is 1. The molecule has 0 unspecified atom stereocenters. The van der Waals surface area contributed by atoms with E-state index in [9.17, 15) is 22.4 Å². The van der Waals surface area contributed by atoms with Crippen molar-refractivity contribution in [3.63, 3.8) is 0 Å². The second-order valence-electron chi connectivity index (χ2n) is 8.84. The standard InChI is InChI=1S/C29H34FN3O4S/c1-3-20-31-29(35)27(4-2)32(21-19-23-11-7-5-8-12-23)28(34)22-33(25-17-15-24(30)16-18-25)38(36,37)26-13-9-6-10-14-26/h5-18,27H,3-4,19-22H2,1-2H3,(H,31,35)/t27-/m0/s1. The summed E-state index contributed by atoms with van der Waals surface area (Å²) in [5, 5.41) is 2.86. The highest BCUT2D eigenvalue weighted by Crippen LogP contribution is 2.24. The van der Waals surface area contributed by atoms with Gasteiger partial charge in [0.25, 0.3) is 10.0 Å². The first-order chi connectivity index (χ1) is 18.3. The number of carbonyl (C=O) groups excluding carboxylic acids is 2. The van der Waals surface area contributed by atoms with Crippen LogP contribution < -0.4 is 9.62 Å². The second-order valence-corrected chi connectivity index (χ2v) is 10.7. The quantitative estimate of drug-likeness (QED) is 0.349. The first-order valence-corrected chi connectivity index (χ1v) is 14.2. The van der Waals surface area contributed by atoms with Crippen LogP contribution in [0.5, 0.6) is 0 Å². The molecule has 38 heavy (non-hydrogen) atoms. The molecule has 7 nitrogen and oxygen atoms in total. The molecule has 0 aliphatic rings. The van der Waals surface area contributed by atoms with Gasteiger partial charge in [0.05, 0.1) is 10.6 Å². The smallest absolute Gasteiger partial charge is 0.264 e. The highest BCUT2D eigenvalue weighted by Gasteiger charge is 2.33. The van der Waals surface area contributed by atoms with Crippen LogP contribution in [0.3, 0.4) is 0 Å². The van der Waals surface area contributed by atoms with Crippen LogP contribution in [0.2, 0.25) is 0 Å². The van der Waals surface area contributed by atoms with E-state index in [1.54, 1.807) is 18.2 Å². The Morgan fingerprint density at radius 1 is 0.895 bits per heavy atom. The van der Waals surface area contributed by atoms with Crippen LogP contribution in [0.1, 0.15) is 32.3 Å². The maximum Gasteiger partial charge on any atom is 0.264 e. The molecule has 3 aromatic carbocycles. The third kappa shape index (κ3) is 7.41. The summed E-state index contributed by atoms with van der Waals surface area (Å²) < 4.78 is 41.9. The van der Waals surface area contributed by atoms with Gasteiger partial charge < -0.3 is 10.2 Å². The van der Waals surface area contributed by atoms with E-state index in [-0.39, 0.29) is 23.0 Å². The molecule has 202 valence electrons. The maximum absolute atomic E-state index is 13.8. The molecule has 0 fully saturated rings. The van der Waals surface area contributed by atoms with E-state index in [4.69, 9.17) is 0 Å². The van der Waals surface area contributed by atoms with Crippen molar-refractivity contribution in [3.8, 4) is 0 Å². The van der Waals surface area contributed by atoms with Gasteiger partial charge in [-0.3, -0.25) is 13.9 Å². The van der Waals surface area contributed by atoms with Gasteiger partial charge in [-0.1, -0.05) is 62.4 Å². The minimum Gasteiger partial charge on any atom is -0.354 e. The molecule has 0 aromatic heterocycles. The molecule has 0 heterocycles. The lowest BCUT2D eigenvalue weighted by Gasteiger charge is -2.33.